The molecule has 1 saturated carbocycles. The van der Waals surface area contributed by atoms with Gasteiger partial charge in [-0.1, -0.05) is 6.42 Å². The van der Waals surface area contributed by atoms with Gasteiger partial charge < -0.3 is 5.11 Å². The molecule has 0 aliphatic heterocycles. The van der Waals surface area contributed by atoms with E-state index < -0.39 is 0 Å². The van der Waals surface area contributed by atoms with Gasteiger partial charge in [0.2, 0.25) is 0 Å². The monoisotopic (exact) mass is 207 g/mol. The van der Waals surface area contributed by atoms with Crippen LogP contribution in [0.4, 0.5) is 0 Å². The summed E-state index contributed by atoms with van der Waals surface area (Å²) in [4.78, 5) is 0. The molecule has 3 heteroatoms. The first kappa shape index (κ1) is 10.7. The number of nitrogens with zero attached hydrogens (tertiary/aromatic N) is 2. The fraction of sp³-hybridized carbons (Fsp3) is 0.667. The predicted molar refractivity (Wildman–Crippen MR) is 59.4 cm³/mol. The lowest BCUT2D eigenvalue weighted by Crippen LogP contribution is -2.15. The summed E-state index contributed by atoms with van der Waals surface area (Å²) in [6, 6.07) is 2.13. The number of aliphatic hydroxyl groups is 1. The molecule has 1 atom stereocenters. The molecule has 1 aromatic heterocycles. The summed E-state index contributed by atoms with van der Waals surface area (Å²) in [6.45, 7) is 5.03. The second-order valence-electron chi connectivity index (χ2n) is 4.34. The van der Waals surface area contributed by atoms with Gasteiger partial charge in [-0.2, -0.15) is 5.10 Å². The Morgan fingerprint density at radius 2 is 2.40 bits per heavy atom. The SMILES string of the molecule is CCn1nc(C)cc1C[C]1CCCC1O. The molecule has 2 rings (SSSR count). The van der Waals surface area contributed by atoms with Crippen molar-refractivity contribution in [2.75, 3.05) is 0 Å². The lowest BCUT2D eigenvalue weighted by atomic mass is 9.99. The average Bonchev–Trinajstić information content (AvgIpc) is 2.75. The quantitative estimate of drug-likeness (QED) is 0.821. The molecule has 0 bridgehead atoms. The Kier molecular flexibility index (Phi) is 3.10. The highest BCUT2D eigenvalue weighted by Crippen LogP contribution is 2.30. The molecular formula is C12H19N2O. The number of hydrogen-bond donors (Lipinski definition) is 1. The lowest BCUT2D eigenvalue weighted by Gasteiger charge is -2.13. The molecule has 1 aliphatic carbocycles. The Bertz CT molecular complexity index is 332. The van der Waals surface area contributed by atoms with Gasteiger partial charge in [0.05, 0.1) is 11.8 Å². The van der Waals surface area contributed by atoms with Gasteiger partial charge in [-0.05, 0) is 39.2 Å². The van der Waals surface area contributed by atoms with Crippen molar-refractivity contribution in [2.24, 2.45) is 0 Å². The van der Waals surface area contributed by atoms with E-state index in [2.05, 4.69) is 18.1 Å². The summed E-state index contributed by atoms with van der Waals surface area (Å²) in [5.41, 5.74) is 2.31. The van der Waals surface area contributed by atoms with E-state index >= 15 is 0 Å². The zero-order valence-corrected chi connectivity index (χ0v) is 9.53. The van der Waals surface area contributed by atoms with Gasteiger partial charge in [0.15, 0.2) is 0 Å². The van der Waals surface area contributed by atoms with E-state index in [0.717, 1.165) is 37.9 Å². The highest BCUT2D eigenvalue weighted by molar-refractivity contribution is 5.17. The van der Waals surface area contributed by atoms with Gasteiger partial charge in [0.1, 0.15) is 0 Å². The van der Waals surface area contributed by atoms with Gasteiger partial charge in [-0.3, -0.25) is 4.68 Å². The maximum absolute atomic E-state index is 9.75. The van der Waals surface area contributed by atoms with E-state index in [1.807, 2.05) is 11.6 Å². The molecule has 15 heavy (non-hydrogen) atoms. The van der Waals surface area contributed by atoms with E-state index in [4.69, 9.17) is 0 Å². The molecule has 1 unspecified atom stereocenters. The highest BCUT2D eigenvalue weighted by atomic mass is 16.3. The molecule has 1 heterocycles. The first-order chi connectivity index (χ1) is 7.20. The van der Waals surface area contributed by atoms with Crippen LogP contribution in [0.25, 0.3) is 0 Å². The van der Waals surface area contributed by atoms with Crippen molar-refractivity contribution >= 4 is 0 Å². The number of hydrogen-bond acceptors (Lipinski definition) is 2. The molecule has 1 fully saturated rings. The van der Waals surface area contributed by atoms with Crippen LogP contribution in [0, 0.1) is 12.8 Å². The largest absolute Gasteiger partial charge is 0.393 e. The number of aliphatic hydroxyl groups excluding tert-OH is 1. The van der Waals surface area contributed by atoms with Crippen molar-refractivity contribution in [3.63, 3.8) is 0 Å². The molecule has 83 valence electrons. The van der Waals surface area contributed by atoms with Crippen LogP contribution in [0.15, 0.2) is 6.07 Å². The van der Waals surface area contributed by atoms with Gasteiger partial charge in [-0.25, -0.2) is 0 Å². The summed E-state index contributed by atoms with van der Waals surface area (Å²) in [5, 5.41) is 14.2. The molecule has 0 spiro atoms. The molecule has 1 N–H and O–H groups in total. The molecule has 0 amide bonds. The number of aromatic nitrogens is 2. The first-order valence-corrected chi connectivity index (χ1v) is 5.76. The van der Waals surface area contributed by atoms with Gasteiger partial charge >= 0.3 is 0 Å². The minimum atomic E-state index is -0.175. The van der Waals surface area contributed by atoms with E-state index in [1.165, 1.54) is 11.6 Å². The van der Waals surface area contributed by atoms with Crippen LogP contribution in [-0.4, -0.2) is 21.0 Å². The molecule has 1 aliphatic rings. The summed E-state index contributed by atoms with van der Waals surface area (Å²) in [7, 11) is 0. The van der Waals surface area contributed by atoms with Gasteiger partial charge in [-0.15, -0.1) is 0 Å². The van der Waals surface area contributed by atoms with Crippen molar-refractivity contribution < 1.29 is 5.11 Å². The van der Waals surface area contributed by atoms with Crippen LogP contribution in [0.1, 0.15) is 37.6 Å². The van der Waals surface area contributed by atoms with E-state index in [-0.39, 0.29) is 6.10 Å². The van der Waals surface area contributed by atoms with Crippen molar-refractivity contribution in [2.45, 2.75) is 52.2 Å². The van der Waals surface area contributed by atoms with Crippen LogP contribution in [-0.2, 0) is 13.0 Å². The molecule has 3 nitrogen and oxygen atoms in total. The first-order valence-electron chi connectivity index (χ1n) is 5.76. The Morgan fingerprint density at radius 3 is 3.00 bits per heavy atom. The Morgan fingerprint density at radius 1 is 1.60 bits per heavy atom. The van der Waals surface area contributed by atoms with Crippen LogP contribution < -0.4 is 0 Å². The normalized spacial score (nSPS) is 22.5. The van der Waals surface area contributed by atoms with Crippen molar-refractivity contribution in [3.05, 3.63) is 23.4 Å². The smallest absolute Gasteiger partial charge is 0.0606 e. The third kappa shape index (κ3) is 2.23. The van der Waals surface area contributed by atoms with E-state index in [0.29, 0.717) is 0 Å². The molecule has 0 aromatic carbocycles. The predicted octanol–water partition coefficient (Wildman–Crippen LogP) is 1.87. The van der Waals surface area contributed by atoms with Crippen LogP contribution >= 0.6 is 0 Å². The second kappa shape index (κ2) is 4.35. The standard InChI is InChI=1S/C12H19N2O/c1-3-14-11(7-9(2)13-14)8-10-5-4-6-12(10)15/h7,12,15H,3-6,8H2,1-2H3. The van der Waals surface area contributed by atoms with Crippen LogP contribution in [0.5, 0.6) is 0 Å². The van der Waals surface area contributed by atoms with Crippen molar-refractivity contribution in [1.82, 2.24) is 9.78 Å². The van der Waals surface area contributed by atoms with E-state index in [9.17, 15) is 5.11 Å². The van der Waals surface area contributed by atoms with Crippen molar-refractivity contribution in [1.29, 1.82) is 0 Å². The number of aryl methyl sites for hydroxylation is 2. The second-order valence-corrected chi connectivity index (χ2v) is 4.34. The fourth-order valence-electron chi connectivity index (χ4n) is 2.35. The van der Waals surface area contributed by atoms with Crippen LogP contribution in [0.3, 0.4) is 0 Å². The lowest BCUT2D eigenvalue weighted by molar-refractivity contribution is 0.195. The number of rotatable bonds is 3. The summed E-state index contributed by atoms with van der Waals surface area (Å²) in [5.74, 6) is 1.28. The van der Waals surface area contributed by atoms with Gasteiger partial charge in [0.25, 0.3) is 0 Å². The Labute approximate surface area is 91.1 Å². The average molecular weight is 207 g/mol. The summed E-state index contributed by atoms with van der Waals surface area (Å²) < 4.78 is 2.04. The maximum atomic E-state index is 9.75. The molecular weight excluding hydrogens is 188 g/mol. The summed E-state index contributed by atoms with van der Waals surface area (Å²) >= 11 is 0. The molecule has 1 aromatic rings. The minimum absolute atomic E-state index is 0.175. The Hall–Kier alpha value is -0.830. The third-order valence-corrected chi connectivity index (χ3v) is 3.14. The zero-order valence-electron chi connectivity index (χ0n) is 9.53. The molecule has 1 radical (unpaired) electrons. The third-order valence-electron chi connectivity index (χ3n) is 3.14. The summed E-state index contributed by atoms with van der Waals surface area (Å²) in [6.07, 6.45) is 3.88. The minimum Gasteiger partial charge on any atom is -0.393 e. The fourth-order valence-corrected chi connectivity index (χ4v) is 2.35. The van der Waals surface area contributed by atoms with Crippen molar-refractivity contribution in [3.8, 4) is 0 Å². The van der Waals surface area contributed by atoms with E-state index in [1.54, 1.807) is 0 Å². The van der Waals surface area contributed by atoms with Crippen LogP contribution in [0.2, 0.25) is 0 Å². The molecule has 0 saturated heterocycles. The topological polar surface area (TPSA) is 38.0 Å². The Balaban J connectivity index is 2.09. The highest BCUT2D eigenvalue weighted by Gasteiger charge is 2.26. The zero-order chi connectivity index (χ0) is 10.8. The maximum Gasteiger partial charge on any atom is 0.0606 e. The van der Waals surface area contributed by atoms with Gasteiger partial charge in [0, 0.05) is 18.2 Å².